The average molecular weight is 320 g/mol. The molecule has 3 rings (SSSR count). The fourth-order valence-electron chi connectivity index (χ4n) is 3.28. The van der Waals surface area contributed by atoms with Crippen LogP contribution in [0.5, 0.6) is 0 Å². The first-order chi connectivity index (χ1) is 10.7. The van der Waals surface area contributed by atoms with Crippen LogP contribution in [0.4, 0.5) is 14.9 Å². The van der Waals surface area contributed by atoms with Crippen LogP contribution in [-0.4, -0.2) is 35.6 Å². The molecule has 1 fully saturated rings. The molecule has 5 nitrogen and oxygen atoms in total. The van der Waals surface area contributed by atoms with E-state index in [-0.39, 0.29) is 17.8 Å². The van der Waals surface area contributed by atoms with Gasteiger partial charge in [-0.1, -0.05) is 0 Å². The summed E-state index contributed by atoms with van der Waals surface area (Å²) >= 11 is 0. The van der Waals surface area contributed by atoms with Gasteiger partial charge in [0.05, 0.1) is 5.41 Å². The Balaban J connectivity index is 1.78. The van der Waals surface area contributed by atoms with Gasteiger partial charge in [-0.25, -0.2) is 9.18 Å². The molecule has 0 aliphatic carbocycles. The minimum absolute atomic E-state index is 0.109. The number of rotatable bonds is 0. The molecule has 6 heteroatoms. The number of hydrogen-bond acceptors (Lipinski definition) is 3. The Kier molecular flexibility index (Phi) is 3.58. The summed E-state index contributed by atoms with van der Waals surface area (Å²) in [7, 11) is 0. The number of carbonyl (C=O) groups is 2. The Hall–Kier alpha value is -2.11. The Labute approximate surface area is 134 Å². The van der Waals surface area contributed by atoms with Gasteiger partial charge in [-0.2, -0.15) is 0 Å². The number of anilines is 1. The molecule has 1 spiro atoms. The van der Waals surface area contributed by atoms with E-state index in [9.17, 15) is 14.0 Å². The number of nitrogens with one attached hydrogen (secondary N) is 1. The van der Waals surface area contributed by atoms with Crippen LogP contribution >= 0.6 is 0 Å². The van der Waals surface area contributed by atoms with Crippen molar-refractivity contribution in [1.29, 1.82) is 0 Å². The largest absolute Gasteiger partial charge is 0.444 e. The summed E-state index contributed by atoms with van der Waals surface area (Å²) in [5.41, 5.74) is 0.0799. The van der Waals surface area contributed by atoms with E-state index in [0.717, 1.165) is 0 Å². The summed E-state index contributed by atoms with van der Waals surface area (Å²) in [5, 5.41) is 2.83. The Morgan fingerprint density at radius 2 is 1.96 bits per heavy atom. The molecule has 124 valence electrons. The minimum atomic E-state index is -0.740. The first-order valence-electron chi connectivity index (χ1n) is 7.81. The smallest absolute Gasteiger partial charge is 0.410 e. The number of carbonyl (C=O) groups excluding carboxylic acids is 2. The summed E-state index contributed by atoms with van der Waals surface area (Å²) in [6.07, 6.45) is 0.563. The summed E-state index contributed by atoms with van der Waals surface area (Å²) < 4.78 is 19.0. The molecular weight excluding hydrogens is 299 g/mol. The zero-order chi connectivity index (χ0) is 16.8. The van der Waals surface area contributed by atoms with Crippen LogP contribution in [0.15, 0.2) is 18.2 Å². The number of ether oxygens (including phenoxy) is 1. The fourth-order valence-corrected chi connectivity index (χ4v) is 3.28. The molecule has 0 saturated carbocycles. The van der Waals surface area contributed by atoms with Gasteiger partial charge in [0.1, 0.15) is 11.4 Å². The van der Waals surface area contributed by atoms with Gasteiger partial charge in [-0.05, 0) is 57.4 Å². The second kappa shape index (κ2) is 5.22. The highest BCUT2D eigenvalue weighted by molar-refractivity contribution is 6.06. The second-order valence-electron chi connectivity index (χ2n) is 7.19. The van der Waals surface area contributed by atoms with Crippen molar-refractivity contribution < 1.29 is 18.7 Å². The number of nitrogens with zero attached hydrogens (tertiary/aromatic N) is 1. The number of halogens is 1. The molecule has 1 N–H and O–H groups in total. The van der Waals surface area contributed by atoms with E-state index in [1.807, 2.05) is 20.8 Å². The lowest BCUT2D eigenvalue weighted by atomic mass is 9.74. The van der Waals surface area contributed by atoms with Crippen molar-refractivity contribution in [1.82, 2.24) is 4.90 Å². The zero-order valence-electron chi connectivity index (χ0n) is 13.6. The van der Waals surface area contributed by atoms with Crippen molar-refractivity contribution in [2.45, 2.75) is 44.6 Å². The molecule has 0 bridgehead atoms. The van der Waals surface area contributed by atoms with Crippen molar-refractivity contribution in [3.63, 3.8) is 0 Å². The quantitative estimate of drug-likeness (QED) is 0.799. The maximum atomic E-state index is 13.6. The molecule has 23 heavy (non-hydrogen) atoms. The topological polar surface area (TPSA) is 58.6 Å². The molecule has 0 aromatic heterocycles. The van der Waals surface area contributed by atoms with E-state index in [0.29, 0.717) is 37.2 Å². The first kappa shape index (κ1) is 15.8. The van der Waals surface area contributed by atoms with Crippen molar-refractivity contribution in [2.75, 3.05) is 18.4 Å². The Morgan fingerprint density at radius 3 is 2.57 bits per heavy atom. The normalized spacial score (nSPS) is 19.5. The van der Waals surface area contributed by atoms with Crippen molar-refractivity contribution in [2.24, 2.45) is 0 Å². The van der Waals surface area contributed by atoms with Gasteiger partial charge in [-0.3, -0.25) is 4.79 Å². The van der Waals surface area contributed by atoms with Gasteiger partial charge in [0.15, 0.2) is 0 Å². The van der Waals surface area contributed by atoms with Crippen LogP contribution in [0.2, 0.25) is 0 Å². The highest BCUT2D eigenvalue weighted by atomic mass is 19.1. The maximum absolute atomic E-state index is 13.6. The number of hydrogen-bond donors (Lipinski definition) is 1. The Morgan fingerprint density at radius 1 is 1.30 bits per heavy atom. The van der Waals surface area contributed by atoms with Gasteiger partial charge in [-0.15, -0.1) is 0 Å². The minimum Gasteiger partial charge on any atom is -0.444 e. The third kappa shape index (κ3) is 2.78. The number of likely N-dealkylation sites (tertiary alicyclic amines) is 1. The van der Waals surface area contributed by atoms with Crippen LogP contribution in [0.3, 0.4) is 0 Å². The van der Waals surface area contributed by atoms with Crippen LogP contribution in [0.1, 0.15) is 39.2 Å². The van der Waals surface area contributed by atoms with Gasteiger partial charge < -0.3 is 15.0 Å². The summed E-state index contributed by atoms with van der Waals surface area (Å²) in [5.74, 6) is -0.462. The molecule has 1 saturated heterocycles. The maximum Gasteiger partial charge on any atom is 0.410 e. The molecule has 2 amide bonds. The second-order valence-corrected chi connectivity index (χ2v) is 7.19. The SMILES string of the molecule is CC(C)(C)OC(=O)N1CCC2(CC1)C(=O)Nc1ccc(F)cc12. The van der Waals surface area contributed by atoms with Crippen LogP contribution < -0.4 is 5.32 Å². The lowest BCUT2D eigenvalue weighted by Crippen LogP contribution is -2.49. The van der Waals surface area contributed by atoms with E-state index in [1.54, 1.807) is 11.0 Å². The lowest BCUT2D eigenvalue weighted by Gasteiger charge is -2.38. The van der Waals surface area contributed by atoms with Crippen molar-refractivity contribution >= 4 is 17.7 Å². The standard InChI is InChI=1S/C17H21FN2O3/c1-16(2,3)23-15(22)20-8-6-17(7-9-20)12-10-11(18)4-5-13(12)19-14(17)21/h4-5,10H,6-9H2,1-3H3,(H,19,21). The molecule has 2 heterocycles. The average Bonchev–Trinajstić information content (AvgIpc) is 2.71. The molecule has 1 aromatic carbocycles. The van der Waals surface area contributed by atoms with E-state index in [4.69, 9.17) is 4.74 Å². The highest BCUT2D eigenvalue weighted by Crippen LogP contribution is 2.45. The fraction of sp³-hybridized carbons (Fsp3) is 0.529. The van der Waals surface area contributed by atoms with Crippen LogP contribution in [0.25, 0.3) is 0 Å². The monoisotopic (exact) mass is 320 g/mol. The van der Waals surface area contributed by atoms with Crippen molar-refractivity contribution in [3.05, 3.63) is 29.6 Å². The van der Waals surface area contributed by atoms with Gasteiger partial charge in [0, 0.05) is 18.8 Å². The van der Waals surface area contributed by atoms with E-state index >= 15 is 0 Å². The van der Waals surface area contributed by atoms with E-state index in [1.165, 1.54) is 12.1 Å². The van der Waals surface area contributed by atoms with E-state index < -0.39 is 11.0 Å². The number of benzene rings is 1. The molecule has 0 atom stereocenters. The molecule has 2 aliphatic heterocycles. The molecule has 0 unspecified atom stereocenters. The lowest BCUT2D eigenvalue weighted by molar-refractivity contribution is -0.122. The van der Waals surface area contributed by atoms with Crippen molar-refractivity contribution in [3.8, 4) is 0 Å². The third-order valence-electron chi connectivity index (χ3n) is 4.45. The predicted molar refractivity (Wildman–Crippen MR) is 83.7 cm³/mol. The van der Waals surface area contributed by atoms with Crippen LogP contribution in [0, 0.1) is 5.82 Å². The number of fused-ring (bicyclic) bond motifs is 2. The van der Waals surface area contributed by atoms with Gasteiger partial charge in [0.25, 0.3) is 0 Å². The number of amides is 2. The summed E-state index contributed by atoms with van der Waals surface area (Å²) in [6.45, 7) is 6.29. The molecule has 0 radical (unpaired) electrons. The Bertz CT molecular complexity index is 658. The van der Waals surface area contributed by atoms with Gasteiger partial charge in [0.2, 0.25) is 5.91 Å². The van der Waals surface area contributed by atoms with Crippen LogP contribution in [-0.2, 0) is 14.9 Å². The molecule has 1 aromatic rings. The predicted octanol–water partition coefficient (Wildman–Crippen LogP) is 3.05. The zero-order valence-corrected chi connectivity index (χ0v) is 13.6. The van der Waals surface area contributed by atoms with E-state index in [2.05, 4.69) is 5.32 Å². The number of piperidine rings is 1. The summed E-state index contributed by atoms with van der Waals surface area (Å²) in [6, 6.07) is 4.36. The highest BCUT2D eigenvalue weighted by Gasteiger charge is 2.49. The third-order valence-corrected chi connectivity index (χ3v) is 4.45. The first-order valence-corrected chi connectivity index (χ1v) is 7.81. The van der Waals surface area contributed by atoms with Gasteiger partial charge >= 0.3 is 6.09 Å². The molecular formula is C17H21FN2O3. The molecule has 2 aliphatic rings. The summed E-state index contributed by atoms with van der Waals surface area (Å²) in [4.78, 5) is 26.2.